The molecular weight excluding hydrogens is 208 g/mol. The van der Waals surface area contributed by atoms with Gasteiger partial charge in [-0.25, -0.2) is 0 Å². The summed E-state index contributed by atoms with van der Waals surface area (Å²) in [4.78, 5) is 0. The maximum absolute atomic E-state index is 9.57. The third-order valence-electron chi connectivity index (χ3n) is 2.10. The molecule has 0 aliphatic rings. The van der Waals surface area contributed by atoms with Crippen LogP contribution in [0, 0.1) is 5.92 Å². The molecule has 92 valence electrons. The van der Waals surface area contributed by atoms with Crippen LogP contribution in [-0.4, -0.2) is 35.9 Å². The van der Waals surface area contributed by atoms with Gasteiger partial charge in [0.05, 0.1) is 12.7 Å². The van der Waals surface area contributed by atoms with Crippen LogP contribution in [0.1, 0.15) is 40.0 Å². The summed E-state index contributed by atoms with van der Waals surface area (Å²) in [5.41, 5.74) is 0. The Labute approximate surface area is 98.8 Å². The van der Waals surface area contributed by atoms with E-state index >= 15 is 0 Å². The normalized spacial score (nSPS) is 13.4. The Bertz CT molecular complexity index is 129. The van der Waals surface area contributed by atoms with E-state index < -0.39 is 0 Å². The summed E-state index contributed by atoms with van der Waals surface area (Å²) in [7, 11) is 0. The highest BCUT2D eigenvalue weighted by Gasteiger charge is 2.04. The van der Waals surface area contributed by atoms with Crippen LogP contribution in [0.4, 0.5) is 0 Å². The van der Waals surface area contributed by atoms with Crippen molar-refractivity contribution >= 4 is 11.8 Å². The second kappa shape index (κ2) is 10.8. The Kier molecular flexibility index (Phi) is 11.0. The summed E-state index contributed by atoms with van der Waals surface area (Å²) in [6.45, 7) is 7.87. The third kappa shape index (κ3) is 12.2. The van der Waals surface area contributed by atoms with Crippen molar-refractivity contribution in [2.45, 2.75) is 46.1 Å². The minimum absolute atomic E-state index is 0.293. The van der Waals surface area contributed by atoms with Gasteiger partial charge in [-0.1, -0.05) is 27.2 Å². The van der Waals surface area contributed by atoms with Crippen LogP contribution in [0.25, 0.3) is 0 Å². The number of ether oxygens (including phenoxy) is 1. The predicted molar refractivity (Wildman–Crippen MR) is 68.5 cm³/mol. The minimum Gasteiger partial charge on any atom is -0.390 e. The average molecular weight is 234 g/mol. The maximum atomic E-state index is 9.57. The SMILES string of the molecule is CCCCOCC(O)CSCCC(C)C. The summed E-state index contributed by atoms with van der Waals surface area (Å²) in [5, 5.41) is 9.57. The molecule has 1 atom stereocenters. The molecule has 0 saturated carbocycles. The Morgan fingerprint density at radius 1 is 1.33 bits per heavy atom. The van der Waals surface area contributed by atoms with Crippen molar-refractivity contribution in [2.75, 3.05) is 24.7 Å². The van der Waals surface area contributed by atoms with Crippen molar-refractivity contribution in [3.8, 4) is 0 Å². The lowest BCUT2D eigenvalue weighted by Crippen LogP contribution is -2.18. The lowest BCUT2D eigenvalue weighted by Gasteiger charge is -2.11. The van der Waals surface area contributed by atoms with E-state index in [4.69, 9.17) is 4.74 Å². The van der Waals surface area contributed by atoms with E-state index in [1.165, 1.54) is 6.42 Å². The molecular formula is C12H26O2S. The van der Waals surface area contributed by atoms with Crippen LogP contribution in [0.3, 0.4) is 0 Å². The zero-order chi connectivity index (χ0) is 11.5. The molecule has 3 heteroatoms. The van der Waals surface area contributed by atoms with Gasteiger partial charge in [-0.2, -0.15) is 11.8 Å². The molecule has 0 heterocycles. The molecule has 0 amide bonds. The highest BCUT2D eigenvalue weighted by atomic mass is 32.2. The smallest absolute Gasteiger partial charge is 0.0863 e. The highest BCUT2D eigenvalue weighted by Crippen LogP contribution is 2.10. The van der Waals surface area contributed by atoms with Gasteiger partial charge in [-0.3, -0.25) is 0 Å². The van der Waals surface area contributed by atoms with Crippen molar-refractivity contribution < 1.29 is 9.84 Å². The van der Waals surface area contributed by atoms with E-state index in [0.717, 1.165) is 36.9 Å². The van der Waals surface area contributed by atoms with Crippen molar-refractivity contribution in [3.05, 3.63) is 0 Å². The van der Waals surface area contributed by atoms with Gasteiger partial charge < -0.3 is 9.84 Å². The first kappa shape index (κ1) is 15.3. The summed E-state index contributed by atoms with van der Waals surface area (Å²) in [6, 6.07) is 0. The highest BCUT2D eigenvalue weighted by molar-refractivity contribution is 7.99. The monoisotopic (exact) mass is 234 g/mol. The number of aliphatic hydroxyl groups is 1. The van der Waals surface area contributed by atoms with Crippen LogP contribution in [0.2, 0.25) is 0 Å². The topological polar surface area (TPSA) is 29.5 Å². The zero-order valence-corrected chi connectivity index (χ0v) is 11.2. The Morgan fingerprint density at radius 2 is 2.07 bits per heavy atom. The molecule has 0 aromatic rings. The lowest BCUT2D eigenvalue weighted by molar-refractivity contribution is 0.0473. The van der Waals surface area contributed by atoms with Gasteiger partial charge in [0, 0.05) is 12.4 Å². The summed E-state index contributed by atoms with van der Waals surface area (Å²) in [6.07, 6.45) is 3.18. The van der Waals surface area contributed by atoms with Crippen LogP contribution < -0.4 is 0 Å². The van der Waals surface area contributed by atoms with Gasteiger partial charge >= 0.3 is 0 Å². The van der Waals surface area contributed by atoms with Crippen molar-refractivity contribution in [2.24, 2.45) is 5.92 Å². The number of hydrogen-bond donors (Lipinski definition) is 1. The zero-order valence-electron chi connectivity index (χ0n) is 10.4. The van der Waals surface area contributed by atoms with E-state index in [1.54, 1.807) is 0 Å². The average Bonchev–Trinajstić information content (AvgIpc) is 2.19. The molecule has 0 aromatic heterocycles. The Hall–Kier alpha value is 0.270. The van der Waals surface area contributed by atoms with E-state index in [1.807, 2.05) is 11.8 Å². The molecule has 0 spiro atoms. The first-order valence-electron chi connectivity index (χ1n) is 6.00. The Morgan fingerprint density at radius 3 is 2.67 bits per heavy atom. The number of thioether (sulfide) groups is 1. The van der Waals surface area contributed by atoms with Gasteiger partial charge in [-0.05, 0) is 24.5 Å². The fourth-order valence-electron chi connectivity index (χ4n) is 1.05. The molecule has 0 bridgehead atoms. The molecule has 0 fully saturated rings. The molecule has 1 N–H and O–H groups in total. The van der Waals surface area contributed by atoms with Crippen LogP contribution in [0.15, 0.2) is 0 Å². The summed E-state index contributed by atoms with van der Waals surface area (Å²) < 4.78 is 5.35. The molecule has 0 aliphatic heterocycles. The fourth-order valence-corrected chi connectivity index (χ4v) is 2.23. The summed E-state index contributed by atoms with van der Waals surface area (Å²) in [5.74, 6) is 2.71. The molecule has 2 nitrogen and oxygen atoms in total. The molecule has 0 aliphatic carbocycles. The second-order valence-electron chi connectivity index (χ2n) is 4.34. The number of aliphatic hydroxyl groups excluding tert-OH is 1. The number of rotatable bonds is 10. The van der Waals surface area contributed by atoms with Gasteiger partial charge in [0.15, 0.2) is 0 Å². The van der Waals surface area contributed by atoms with Crippen molar-refractivity contribution in [3.63, 3.8) is 0 Å². The van der Waals surface area contributed by atoms with Crippen LogP contribution in [-0.2, 0) is 4.74 Å². The first-order chi connectivity index (χ1) is 7.16. The molecule has 1 unspecified atom stereocenters. The number of hydrogen-bond acceptors (Lipinski definition) is 3. The lowest BCUT2D eigenvalue weighted by atomic mass is 10.2. The molecule has 0 saturated heterocycles. The van der Waals surface area contributed by atoms with Crippen LogP contribution >= 0.6 is 11.8 Å². The number of unbranched alkanes of at least 4 members (excludes halogenated alkanes) is 1. The van der Waals surface area contributed by atoms with Gasteiger partial charge in [0.25, 0.3) is 0 Å². The van der Waals surface area contributed by atoms with Crippen molar-refractivity contribution in [1.82, 2.24) is 0 Å². The second-order valence-corrected chi connectivity index (χ2v) is 5.49. The maximum Gasteiger partial charge on any atom is 0.0863 e. The Balaban J connectivity index is 3.15. The molecule has 15 heavy (non-hydrogen) atoms. The molecule has 0 aromatic carbocycles. The summed E-state index contributed by atoms with van der Waals surface area (Å²) >= 11 is 1.82. The molecule has 0 rings (SSSR count). The largest absolute Gasteiger partial charge is 0.390 e. The van der Waals surface area contributed by atoms with E-state index in [9.17, 15) is 5.11 Å². The van der Waals surface area contributed by atoms with E-state index in [-0.39, 0.29) is 6.10 Å². The minimum atomic E-state index is -0.293. The standard InChI is InChI=1S/C12H26O2S/c1-4-5-7-14-9-12(13)10-15-8-6-11(2)3/h11-13H,4-10H2,1-3H3. The van der Waals surface area contributed by atoms with E-state index in [2.05, 4.69) is 20.8 Å². The first-order valence-corrected chi connectivity index (χ1v) is 7.15. The van der Waals surface area contributed by atoms with Gasteiger partial charge in [-0.15, -0.1) is 0 Å². The quantitative estimate of drug-likeness (QED) is 0.589. The van der Waals surface area contributed by atoms with Crippen molar-refractivity contribution in [1.29, 1.82) is 0 Å². The van der Waals surface area contributed by atoms with Crippen LogP contribution in [0.5, 0.6) is 0 Å². The van der Waals surface area contributed by atoms with Gasteiger partial charge in [0.2, 0.25) is 0 Å². The van der Waals surface area contributed by atoms with Gasteiger partial charge in [0.1, 0.15) is 0 Å². The fraction of sp³-hybridized carbons (Fsp3) is 1.00. The van der Waals surface area contributed by atoms with E-state index in [0.29, 0.717) is 6.61 Å². The predicted octanol–water partition coefficient (Wildman–Crippen LogP) is 2.94. The molecule has 0 radical (unpaired) electrons. The third-order valence-corrected chi connectivity index (χ3v) is 3.25.